The molecule has 2 nitrogen and oxygen atoms in total. The lowest BCUT2D eigenvalue weighted by atomic mass is 10.2. The molecule has 2 atom stereocenters. The molecule has 2 unspecified atom stereocenters. The average Bonchev–Trinajstić information content (AvgIpc) is 1.68. The average molecular weight is 121 g/mol. The van der Waals surface area contributed by atoms with Crippen molar-refractivity contribution in [1.82, 2.24) is 0 Å². The molecule has 1 N–H and O–H groups in total. The maximum Gasteiger partial charge on any atom is 0.325 e. The first kappa shape index (κ1) is 7.06. The van der Waals surface area contributed by atoms with Gasteiger partial charge in [-0.1, -0.05) is 11.5 Å². The lowest BCUT2D eigenvalue weighted by Crippen LogP contribution is -2.00. The van der Waals surface area contributed by atoms with E-state index in [4.69, 9.17) is 5.11 Å². The van der Waals surface area contributed by atoms with E-state index in [2.05, 4.69) is 0 Å². The Balaban J connectivity index is 2.98. The monoisotopic (exact) mass is 121 g/mol. The van der Waals surface area contributed by atoms with Crippen LogP contribution in [-0.2, 0) is 4.57 Å². The van der Waals surface area contributed by atoms with Crippen molar-refractivity contribution in [2.75, 3.05) is 12.8 Å². The zero-order valence-electron chi connectivity index (χ0n) is 4.35. The van der Waals surface area contributed by atoms with Crippen LogP contribution in [0.25, 0.3) is 0 Å². The number of hydrogen-bond donors (Lipinski definition) is 1. The molecule has 0 radical (unpaired) electrons. The Hall–Kier alpha value is 0.0600. The summed E-state index contributed by atoms with van der Waals surface area (Å²) >= 11 is 0. The summed E-state index contributed by atoms with van der Waals surface area (Å²) in [4.78, 5) is 0. The van der Waals surface area contributed by atoms with Crippen LogP contribution in [0.2, 0.25) is 0 Å². The van der Waals surface area contributed by atoms with Crippen molar-refractivity contribution in [3.05, 3.63) is 0 Å². The lowest BCUT2D eigenvalue weighted by molar-refractivity contribution is 0.250. The fourth-order valence-corrected chi connectivity index (χ4v) is 0.620. The summed E-state index contributed by atoms with van der Waals surface area (Å²) in [5.74, 6) is 0.204. The second-order valence-corrected chi connectivity index (χ2v) is 2.33. The standard InChI is InChI=1S/C4H9O2P/c1-4(2-5)3-7-6/h4-5H,2-3H2,1H3/p+1. The van der Waals surface area contributed by atoms with Crippen LogP contribution >= 0.6 is 8.46 Å². The Labute approximate surface area is 44.7 Å². The van der Waals surface area contributed by atoms with Crippen LogP contribution in [-0.4, -0.2) is 17.9 Å². The van der Waals surface area contributed by atoms with E-state index < -0.39 is 0 Å². The molecule has 0 aliphatic carbocycles. The summed E-state index contributed by atoms with van der Waals surface area (Å²) in [6, 6.07) is 0. The molecule has 0 saturated heterocycles. The maximum atomic E-state index is 9.82. The van der Waals surface area contributed by atoms with Crippen molar-refractivity contribution in [2.45, 2.75) is 6.92 Å². The first-order valence-electron chi connectivity index (χ1n) is 2.27. The molecular formula is C4H10O2P+. The van der Waals surface area contributed by atoms with Gasteiger partial charge in [-0.3, -0.25) is 0 Å². The molecule has 0 heterocycles. The molecule has 3 heteroatoms. The Morgan fingerprint density at radius 2 is 2.43 bits per heavy atom. The predicted molar refractivity (Wildman–Crippen MR) is 30.1 cm³/mol. The van der Waals surface area contributed by atoms with Crippen molar-refractivity contribution in [3.63, 3.8) is 0 Å². The van der Waals surface area contributed by atoms with Gasteiger partial charge in [0.25, 0.3) is 0 Å². The van der Waals surface area contributed by atoms with Gasteiger partial charge in [-0.05, 0) is 0 Å². The molecule has 0 amide bonds. The zero-order chi connectivity index (χ0) is 5.70. The molecule has 0 aromatic heterocycles. The molecule has 0 aliphatic heterocycles. The minimum Gasteiger partial charge on any atom is -0.396 e. The third-order valence-electron chi connectivity index (χ3n) is 0.743. The largest absolute Gasteiger partial charge is 0.396 e. The number of aliphatic hydroxyl groups is 1. The summed E-state index contributed by atoms with van der Waals surface area (Å²) < 4.78 is 9.82. The van der Waals surface area contributed by atoms with Gasteiger partial charge in [0.15, 0.2) is 0 Å². The van der Waals surface area contributed by atoms with Crippen LogP contribution in [0, 0.1) is 5.92 Å². The summed E-state index contributed by atoms with van der Waals surface area (Å²) in [5.41, 5.74) is 0. The highest BCUT2D eigenvalue weighted by molar-refractivity contribution is 7.23. The topological polar surface area (TPSA) is 37.3 Å². The molecule has 0 fully saturated rings. The molecule has 0 bridgehead atoms. The molecule has 0 aromatic rings. The maximum absolute atomic E-state index is 9.82. The van der Waals surface area contributed by atoms with E-state index in [-0.39, 0.29) is 21.0 Å². The lowest BCUT2D eigenvalue weighted by Gasteiger charge is -1.92. The summed E-state index contributed by atoms with van der Waals surface area (Å²) in [5, 5.41) is 8.33. The Morgan fingerprint density at radius 1 is 1.86 bits per heavy atom. The molecular weight excluding hydrogens is 111 g/mol. The van der Waals surface area contributed by atoms with Gasteiger partial charge < -0.3 is 5.11 Å². The molecule has 0 saturated carbocycles. The summed E-state index contributed by atoms with van der Waals surface area (Å²) in [6.45, 7) is 2.01. The van der Waals surface area contributed by atoms with Gasteiger partial charge in [-0.15, -0.1) is 0 Å². The van der Waals surface area contributed by atoms with E-state index in [1.165, 1.54) is 0 Å². The van der Waals surface area contributed by atoms with Crippen LogP contribution in [0.3, 0.4) is 0 Å². The van der Waals surface area contributed by atoms with E-state index in [0.29, 0.717) is 6.16 Å². The van der Waals surface area contributed by atoms with Crippen molar-refractivity contribution in [3.8, 4) is 0 Å². The van der Waals surface area contributed by atoms with Crippen molar-refractivity contribution >= 4 is 8.46 Å². The fraction of sp³-hybridized carbons (Fsp3) is 1.00. The minimum absolute atomic E-state index is 0.148. The minimum atomic E-state index is -0.265. The van der Waals surface area contributed by atoms with Crippen LogP contribution in [0.15, 0.2) is 0 Å². The van der Waals surface area contributed by atoms with E-state index in [0.717, 1.165) is 0 Å². The van der Waals surface area contributed by atoms with Gasteiger partial charge in [-0.25, -0.2) is 0 Å². The van der Waals surface area contributed by atoms with Crippen LogP contribution < -0.4 is 0 Å². The number of hydrogen-bond acceptors (Lipinski definition) is 2. The van der Waals surface area contributed by atoms with E-state index in [1.54, 1.807) is 0 Å². The summed E-state index contributed by atoms with van der Waals surface area (Å²) in [6.07, 6.45) is 0.622. The van der Waals surface area contributed by atoms with Crippen LogP contribution in [0.4, 0.5) is 0 Å². The van der Waals surface area contributed by atoms with Crippen molar-refractivity contribution in [2.24, 2.45) is 5.92 Å². The molecule has 7 heavy (non-hydrogen) atoms. The summed E-state index contributed by atoms with van der Waals surface area (Å²) in [7, 11) is -0.265. The van der Waals surface area contributed by atoms with E-state index in [9.17, 15) is 4.57 Å². The zero-order valence-corrected chi connectivity index (χ0v) is 5.35. The van der Waals surface area contributed by atoms with Gasteiger partial charge in [0.1, 0.15) is 6.16 Å². The Kier molecular flexibility index (Phi) is 4.26. The second-order valence-electron chi connectivity index (χ2n) is 1.64. The Bertz CT molecular complexity index is 55.7. The molecule has 0 spiro atoms. The normalized spacial score (nSPS) is 14.6. The molecule has 42 valence electrons. The van der Waals surface area contributed by atoms with Gasteiger partial charge >= 0.3 is 8.46 Å². The molecule has 0 rings (SSSR count). The van der Waals surface area contributed by atoms with Gasteiger partial charge in [0, 0.05) is 12.5 Å². The van der Waals surface area contributed by atoms with Gasteiger partial charge in [-0.2, -0.15) is 0 Å². The highest BCUT2D eigenvalue weighted by Gasteiger charge is 2.01. The van der Waals surface area contributed by atoms with Crippen molar-refractivity contribution < 1.29 is 9.67 Å². The predicted octanol–water partition coefficient (Wildman–Crippen LogP) is 0.639. The van der Waals surface area contributed by atoms with E-state index >= 15 is 0 Å². The quantitative estimate of drug-likeness (QED) is 0.556. The third kappa shape index (κ3) is 3.90. The second kappa shape index (κ2) is 4.23. The third-order valence-corrected chi connectivity index (χ3v) is 1.61. The SMILES string of the molecule is CC(CO)C[PH+]=O. The van der Waals surface area contributed by atoms with Crippen LogP contribution in [0.1, 0.15) is 6.92 Å². The Morgan fingerprint density at radius 3 is 2.57 bits per heavy atom. The highest BCUT2D eigenvalue weighted by Crippen LogP contribution is 2.01. The van der Waals surface area contributed by atoms with E-state index in [1.807, 2.05) is 6.92 Å². The first-order chi connectivity index (χ1) is 3.31. The van der Waals surface area contributed by atoms with Crippen LogP contribution in [0.5, 0.6) is 0 Å². The highest BCUT2D eigenvalue weighted by atomic mass is 31.1. The number of rotatable bonds is 3. The fourth-order valence-electron chi connectivity index (χ4n) is 0.207. The van der Waals surface area contributed by atoms with Gasteiger partial charge in [0.05, 0.1) is 0 Å². The first-order valence-corrected chi connectivity index (χ1v) is 3.38. The molecule has 0 aliphatic rings. The molecule has 0 aromatic carbocycles. The van der Waals surface area contributed by atoms with Crippen molar-refractivity contribution in [1.29, 1.82) is 0 Å². The number of aliphatic hydroxyl groups excluding tert-OH is 1. The smallest absolute Gasteiger partial charge is 0.325 e. The van der Waals surface area contributed by atoms with Gasteiger partial charge in [0.2, 0.25) is 0 Å².